The quantitative estimate of drug-likeness (QED) is 0.537. The standard InChI is InChI=1S/C20H22N2O5S/c1-4-14-6-8-15(9-7-14)16-12-28-20(21-16)22-19(25)13(3)27-18(24)11-10-17(23)26-5-2/h6-13H,4-5H2,1-3H3,(H,21,22,25)/b11-10+/t13-/m1/s1. The number of hydrogen-bond acceptors (Lipinski definition) is 7. The third-order valence-corrected chi connectivity index (χ3v) is 4.45. The van der Waals surface area contributed by atoms with Crippen LogP contribution in [-0.2, 0) is 30.3 Å². The van der Waals surface area contributed by atoms with E-state index >= 15 is 0 Å². The van der Waals surface area contributed by atoms with Crippen LogP contribution in [0.5, 0.6) is 0 Å². The van der Waals surface area contributed by atoms with Crippen LogP contribution < -0.4 is 5.32 Å². The van der Waals surface area contributed by atoms with Crippen molar-refractivity contribution in [3.05, 3.63) is 47.4 Å². The molecule has 0 aliphatic carbocycles. The number of nitrogens with one attached hydrogen (secondary N) is 1. The molecule has 1 heterocycles. The Morgan fingerprint density at radius 3 is 2.46 bits per heavy atom. The minimum atomic E-state index is -1.05. The van der Waals surface area contributed by atoms with Gasteiger partial charge in [0.2, 0.25) is 0 Å². The number of ether oxygens (including phenoxy) is 2. The van der Waals surface area contributed by atoms with Crippen molar-refractivity contribution < 1.29 is 23.9 Å². The molecule has 0 saturated heterocycles. The predicted molar refractivity (Wildman–Crippen MR) is 107 cm³/mol. The fraction of sp³-hybridized carbons (Fsp3) is 0.300. The summed E-state index contributed by atoms with van der Waals surface area (Å²) in [6.07, 6.45) is 1.79. The van der Waals surface area contributed by atoms with Gasteiger partial charge in [-0.25, -0.2) is 14.6 Å². The summed E-state index contributed by atoms with van der Waals surface area (Å²) in [6, 6.07) is 8.05. The van der Waals surface area contributed by atoms with Crippen LogP contribution in [0.2, 0.25) is 0 Å². The van der Waals surface area contributed by atoms with E-state index in [0.29, 0.717) is 5.13 Å². The van der Waals surface area contributed by atoms with Gasteiger partial charge in [-0.2, -0.15) is 0 Å². The van der Waals surface area contributed by atoms with Crippen molar-refractivity contribution in [2.24, 2.45) is 0 Å². The van der Waals surface area contributed by atoms with Gasteiger partial charge in [-0.15, -0.1) is 11.3 Å². The topological polar surface area (TPSA) is 94.6 Å². The van der Waals surface area contributed by atoms with Crippen LogP contribution >= 0.6 is 11.3 Å². The molecular formula is C20H22N2O5S. The lowest BCUT2D eigenvalue weighted by atomic mass is 10.1. The number of benzene rings is 1. The molecule has 0 aliphatic heterocycles. The van der Waals surface area contributed by atoms with Gasteiger partial charge in [0, 0.05) is 23.1 Å². The summed E-state index contributed by atoms with van der Waals surface area (Å²) in [7, 11) is 0. The number of hydrogen-bond donors (Lipinski definition) is 1. The van der Waals surface area contributed by atoms with Gasteiger partial charge >= 0.3 is 11.9 Å². The summed E-state index contributed by atoms with van der Waals surface area (Å²) in [5.41, 5.74) is 2.95. The summed E-state index contributed by atoms with van der Waals surface area (Å²) in [6.45, 7) is 5.38. The first-order valence-corrected chi connectivity index (χ1v) is 9.72. The third kappa shape index (κ3) is 6.31. The Labute approximate surface area is 167 Å². The molecule has 28 heavy (non-hydrogen) atoms. The van der Waals surface area contributed by atoms with E-state index in [0.717, 1.165) is 29.8 Å². The summed E-state index contributed by atoms with van der Waals surface area (Å²) >= 11 is 1.28. The van der Waals surface area contributed by atoms with Crippen molar-refractivity contribution in [1.82, 2.24) is 4.98 Å². The van der Waals surface area contributed by atoms with Crippen molar-refractivity contribution in [2.45, 2.75) is 33.3 Å². The predicted octanol–water partition coefficient (Wildman–Crippen LogP) is 3.36. The van der Waals surface area contributed by atoms with Crippen LogP contribution in [0.4, 0.5) is 5.13 Å². The fourth-order valence-electron chi connectivity index (χ4n) is 2.18. The van der Waals surface area contributed by atoms with Crippen molar-refractivity contribution in [3.8, 4) is 11.3 Å². The third-order valence-electron chi connectivity index (χ3n) is 3.70. The second kappa shape index (κ2) is 10.4. The van der Waals surface area contributed by atoms with Crippen LogP contribution in [0.1, 0.15) is 26.3 Å². The zero-order valence-electron chi connectivity index (χ0n) is 15.9. The minimum Gasteiger partial charge on any atom is -0.463 e. The molecule has 0 aliphatic rings. The number of nitrogens with zero attached hydrogens (tertiary/aromatic N) is 1. The van der Waals surface area contributed by atoms with Crippen molar-refractivity contribution >= 4 is 34.3 Å². The van der Waals surface area contributed by atoms with Crippen molar-refractivity contribution in [2.75, 3.05) is 11.9 Å². The highest BCUT2D eigenvalue weighted by Gasteiger charge is 2.18. The minimum absolute atomic E-state index is 0.204. The van der Waals surface area contributed by atoms with Gasteiger partial charge in [0.1, 0.15) is 0 Å². The molecule has 0 unspecified atom stereocenters. The maximum Gasteiger partial charge on any atom is 0.331 e. The SMILES string of the molecule is CCOC(=O)/C=C/C(=O)O[C@H](C)C(=O)Nc1nc(-c2ccc(CC)cc2)cs1. The van der Waals surface area contributed by atoms with Gasteiger partial charge in [0.05, 0.1) is 12.3 Å². The summed E-state index contributed by atoms with van der Waals surface area (Å²) in [4.78, 5) is 39.4. The highest BCUT2D eigenvalue weighted by Crippen LogP contribution is 2.25. The van der Waals surface area contributed by atoms with Crippen LogP contribution in [0.3, 0.4) is 0 Å². The molecule has 7 nitrogen and oxygen atoms in total. The Morgan fingerprint density at radius 1 is 1.14 bits per heavy atom. The molecule has 0 saturated carbocycles. The largest absolute Gasteiger partial charge is 0.463 e. The number of esters is 2. The van der Waals surface area contributed by atoms with Gasteiger partial charge in [0.15, 0.2) is 11.2 Å². The molecule has 0 radical (unpaired) electrons. The van der Waals surface area contributed by atoms with Crippen LogP contribution in [0, 0.1) is 0 Å². The monoisotopic (exact) mass is 402 g/mol. The molecule has 1 amide bonds. The van der Waals surface area contributed by atoms with Crippen molar-refractivity contribution in [1.29, 1.82) is 0 Å². The molecule has 2 rings (SSSR count). The maximum absolute atomic E-state index is 12.2. The Hall–Kier alpha value is -3.00. The van der Waals surface area contributed by atoms with E-state index in [1.165, 1.54) is 23.8 Å². The van der Waals surface area contributed by atoms with Crippen LogP contribution in [-0.4, -0.2) is 35.5 Å². The van der Waals surface area contributed by atoms with Gasteiger partial charge in [-0.3, -0.25) is 10.1 Å². The van der Waals surface area contributed by atoms with Crippen molar-refractivity contribution in [3.63, 3.8) is 0 Å². The molecule has 1 aromatic heterocycles. The van der Waals surface area contributed by atoms with E-state index < -0.39 is 23.9 Å². The van der Waals surface area contributed by atoms with E-state index in [2.05, 4.69) is 22.0 Å². The molecule has 1 aromatic carbocycles. The van der Waals surface area contributed by atoms with Gasteiger partial charge in [-0.05, 0) is 25.8 Å². The summed E-state index contributed by atoms with van der Waals surface area (Å²) in [5.74, 6) is -1.98. The highest BCUT2D eigenvalue weighted by atomic mass is 32.1. The maximum atomic E-state index is 12.2. The molecule has 1 atom stereocenters. The molecule has 0 spiro atoms. The lowest BCUT2D eigenvalue weighted by Gasteiger charge is -2.10. The van der Waals surface area contributed by atoms with E-state index in [1.54, 1.807) is 6.92 Å². The van der Waals surface area contributed by atoms with E-state index in [9.17, 15) is 14.4 Å². The highest BCUT2D eigenvalue weighted by molar-refractivity contribution is 7.14. The Morgan fingerprint density at radius 2 is 1.82 bits per heavy atom. The van der Waals surface area contributed by atoms with Crippen LogP contribution in [0.15, 0.2) is 41.8 Å². The Balaban J connectivity index is 1.90. The number of anilines is 1. The first-order valence-electron chi connectivity index (χ1n) is 8.84. The number of aryl methyl sites for hydroxylation is 1. The molecule has 1 N–H and O–H groups in total. The number of carbonyl (C=O) groups excluding carboxylic acids is 3. The average Bonchev–Trinajstić information content (AvgIpc) is 3.15. The number of rotatable bonds is 8. The molecule has 2 aromatic rings. The number of carbonyl (C=O) groups is 3. The van der Waals surface area contributed by atoms with E-state index in [-0.39, 0.29) is 6.61 Å². The normalized spacial score (nSPS) is 11.8. The molecule has 0 fully saturated rings. The van der Waals surface area contributed by atoms with Gasteiger partial charge in [0.25, 0.3) is 5.91 Å². The van der Waals surface area contributed by atoms with E-state index in [1.807, 2.05) is 29.6 Å². The lowest BCUT2D eigenvalue weighted by molar-refractivity contribution is -0.148. The first kappa shape index (κ1) is 21.3. The fourth-order valence-corrected chi connectivity index (χ4v) is 2.90. The van der Waals surface area contributed by atoms with Gasteiger partial charge < -0.3 is 9.47 Å². The van der Waals surface area contributed by atoms with Crippen LogP contribution in [0.25, 0.3) is 11.3 Å². The smallest absolute Gasteiger partial charge is 0.331 e. The van der Waals surface area contributed by atoms with Gasteiger partial charge in [-0.1, -0.05) is 31.2 Å². The lowest BCUT2D eigenvalue weighted by Crippen LogP contribution is -2.29. The molecule has 148 valence electrons. The summed E-state index contributed by atoms with van der Waals surface area (Å²) < 4.78 is 9.62. The zero-order chi connectivity index (χ0) is 20.5. The zero-order valence-corrected chi connectivity index (χ0v) is 16.7. The molecule has 0 bridgehead atoms. The second-order valence-corrected chi connectivity index (χ2v) is 6.60. The number of thiazole rings is 1. The first-order chi connectivity index (χ1) is 13.4. The molecule has 8 heteroatoms. The Kier molecular flexibility index (Phi) is 7.88. The summed E-state index contributed by atoms with van der Waals surface area (Å²) in [5, 5.41) is 4.87. The van der Waals surface area contributed by atoms with E-state index in [4.69, 9.17) is 4.74 Å². The number of aromatic nitrogens is 1. The number of amides is 1. The second-order valence-electron chi connectivity index (χ2n) is 5.74. The average molecular weight is 402 g/mol. The molecular weight excluding hydrogens is 380 g/mol. The Bertz CT molecular complexity index is 858.